The molecule has 3 rings (SSSR count). The number of nitrogen functional groups attached to an aromatic ring is 1. The number of aromatic nitrogens is 2. The molecule has 0 bridgehead atoms. The van der Waals surface area contributed by atoms with Crippen LogP contribution in [0.15, 0.2) is 55.6 Å². The van der Waals surface area contributed by atoms with Gasteiger partial charge in [0.05, 0.1) is 20.9 Å². The highest BCUT2D eigenvalue weighted by Crippen LogP contribution is 2.41. The van der Waals surface area contributed by atoms with Crippen molar-refractivity contribution in [2.24, 2.45) is 0 Å². The largest absolute Gasteiger partial charge is 0.390 e. The lowest BCUT2D eigenvalue weighted by atomic mass is 10.1. The number of thiophene rings is 1. The molecule has 0 amide bonds. The highest BCUT2D eigenvalue weighted by atomic mass is 32.1. The minimum absolute atomic E-state index is 0.643. The zero-order chi connectivity index (χ0) is 15.5. The summed E-state index contributed by atoms with van der Waals surface area (Å²) in [4.78, 5) is 9.35. The molecular formula is C18H17N3S. The third-order valence-corrected chi connectivity index (χ3v) is 4.46. The van der Waals surface area contributed by atoms with E-state index in [1.807, 2.05) is 30.4 Å². The molecule has 0 radical (unpaired) electrons. The summed E-state index contributed by atoms with van der Waals surface area (Å²) in [6.07, 6.45) is 5.02. The van der Waals surface area contributed by atoms with Crippen molar-refractivity contribution >= 4 is 26.6 Å². The Bertz CT molecular complexity index is 834. The second-order valence-corrected chi connectivity index (χ2v) is 6.01. The molecule has 0 aliphatic rings. The fraction of sp³-hybridized carbons (Fsp3) is 0.111. The summed E-state index contributed by atoms with van der Waals surface area (Å²) in [6.45, 7) is 7.59. The van der Waals surface area contributed by atoms with Crippen LogP contribution in [-0.4, -0.2) is 9.97 Å². The van der Waals surface area contributed by atoms with Gasteiger partial charge in [0.25, 0.3) is 0 Å². The predicted octanol–water partition coefficient (Wildman–Crippen LogP) is 4.40. The van der Waals surface area contributed by atoms with Gasteiger partial charge in [0, 0.05) is 18.4 Å². The Kier molecular flexibility index (Phi) is 4.02. The lowest BCUT2D eigenvalue weighted by Gasteiger charge is -2.05. The van der Waals surface area contributed by atoms with Crippen molar-refractivity contribution in [2.45, 2.75) is 12.8 Å². The summed E-state index contributed by atoms with van der Waals surface area (Å²) < 4.78 is 1.05. The van der Waals surface area contributed by atoms with Crippen molar-refractivity contribution in [2.75, 3.05) is 5.73 Å². The van der Waals surface area contributed by atoms with Gasteiger partial charge in [-0.15, -0.1) is 24.5 Å². The minimum Gasteiger partial charge on any atom is -0.390 e. The molecule has 0 saturated carbocycles. The second kappa shape index (κ2) is 6.12. The van der Waals surface area contributed by atoms with E-state index in [2.05, 4.69) is 30.3 Å². The van der Waals surface area contributed by atoms with Crippen molar-refractivity contribution in [3.05, 3.63) is 67.2 Å². The van der Waals surface area contributed by atoms with Crippen LogP contribution in [0, 0.1) is 0 Å². The van der Waals surface area contributed by atoms with Gasteiger partial charge < -0.3 is 5.73 Å². The van der Waals surface area contributed by atoms with Crippen LogP contribution in [0.5, 0.6) is 0 Å². The quantitative estimate of drug-likeness (QED) is 0.711. The van der Waals surface area contributed by atoms with Gasteiger partial charge in [-0.05, 0) is 5.56 Å². The van der Waals surface area contributed by atoms with E-state index in [0.717, 1.165) is 37.9 Å². The zero-order valence-corrected chi connectivity index (χ0v) is 13.1. The van der Waals surface area contributed by atoms with E-state index >= 15 is 0 Å². The monoisotopic (exact) mass is 307 g/mol. The predicted molar refractivity (Wildman–Crippen MR) is 95.1 cm³/mol. The average Bonchev–Trinajstić information content (AvgIpc) is 2.85. The highest BCUT2D eigenvalue weighted by Gasteiger charge is 2.17. The first-order chi connectivity index (χ1) is 10.7. The van der Waals surface area contributed by atoms with Gasteiger partial charge in [0.1, 0.15) is 5.82 Å². The van der Waals surface area contributed by atoms with E-state index in [0.29, 0.717) is 12.8 Å². The molecule has 0 unspecified atom stereocenters. The first kappa shape index (κ1) is 14.5. The van der Waals surface area contributed by atoms with Gasteiger partial charge in [-0.3, -0.25) is 0 Å². The third-order valence-electron chi connectivity index (χ3n) is 3.40. The number of anilines is 1. The normalized spacial score (nSPS) is 10.7. The maximum absolute atomic E-state index is 6.28. The summed E-state index contributed by atoms with van der Waals surface area (Å²) in [7, 11) is 0. The van der Waals surface area contributed by atoms with Crippen molar-refractivity contribution in [3.63, 3.8) is 0 Å². The van der Waals surface area contributed by atoms with Gasteiger partial charge in [-0.1, -0.05) is 42.5 Å². The summed E-state index contributed by atoms with van der Waals surface area (Å²) in [5, 5.41) is 0.775. The van der Waals surface area contributed by atoms with Crippen molar-refractivity contribution < 1.29 is 0 Å². The molecule has 1 aromatic carbocycles. The first-order valence-electron chi connectivity index (χ1n) is 7.09. The molecule has 0 saturated heterocycles. The van der Waals surface area contributed by atoms with E-state index in [-0.39, 0.29) is 0 Å². The molecule has 0 fully saturated rings. The van der Waals surface area contributed by atoms with Crippen molar-refractivity contribution in [3.8, 4) is 11.1 Å². The SMILES string of the molecule is C=CCc1nc(CC=C)c2sc(N)c(-c3ccccc3)c2n1. The summed E-state index contributed by atoms with van der Waals surface area (Å²) >= 11 is 1.55. The Labute approximate surface area is 133 Å². The Balaban J connectivity index is 2.31. The topological polar surface area (TPSA) is 51.8 Å². The number of nitrogens with two attached hydrogens (primary N) is 1. The number of allylic oxidation sites excluding steroid dienone is 2. The fourth-order valence-electron chi connectivity index (χ4n) is 2.48. The Morgan fingerprint density at radius 1 is 1.05 bits per heavy atom. The lowest BCUT2D eigenvalue weighted by molar-refractivity contribution is 0.974. The van der Waals surface area contributed by atoms with Crippen LogP contribution in [0.2, 0.25) is 0 Å². The number of rotatable bonds is 5. The van der Waals surface area contributed by atoms with Gasteiger partial charge in [-0.25, -0.2) is 9.97 Å². The van der Waals surface area contributed by atoms with Crippen LogP contribution < -0.4 is 5.73 Å². The Morgan fingerprint density at radius 3 is 2.45 bits per heavy atom. The number of fused-ring (bicyclic) bond motifs is 1. The maximum Gasteiger partial charge on any atom is 0.133 e. The Morgan fingerprint density at radius 2 is 1.77 bits per heavy atom. The zero-order valence-electron chi connectivity index (χ0n) is 12.2. The molecule has 3 nitrogen and oxygen atoms in total. The van der Waals surface area contributed by atoms with E-state index < -0.39 is 0 Å². The van der Waals surface area contributed by atoms with E-state index in [4.69, 9.17) is 10.7 Å². The second-order valence-electron chi connectivity index (χ2n) is 4.96. The van der Waals surface area contributed by atoms with Crippen molar-refractivity contribution in [1.82, 2.24) is 9.97 Å². The lowest BCUT2D eigenvalue weighted by Crippen LogP contribution is -1.99. The standard InChI is InChI=1S/C18H17N3S/c1-3-8-13-17-16(21-14(20-13)9-4-2)15(18(19)22-17)12-10-6-5-7-11-12/h3-7,10-11H,1-2,8-9,19H2. The van der Waals surface area contributed by atoms with E-state index in [1.54, 1.807) is 11.3 Å². The maximum atomic E-state index is 6.28. The van der Waals surface area contributed by atoms with Crippen LogP contribution >= 0.6 is 11.3 Å². The Hall–Kier alpha value is -2.46. The number of nitrogens with zero attached hydrogens (tertiary/aromatic N) is 2. The molecule has 2 aromatic heterocycles. The number of hydrogen-bond donors (Lipinski definition) is 1. The first-order valence-corrected chi connectivity index (χ1v) is 7.91. The van der Waals surface area contributed by atoms with Crippen LogP contribution in [-0.2, 0) is 12.8 Å². The summed E-state index contributed by atoms with van der Waals surface area (Å²) in [5.41, 5.74) is 10.3. The van der Waals surface area contributed by atoms with E-state index in [9.17, 15) is 0 Å². The smallest absolute Gasteiger partial charge is 0.133 e. The molecule has 22 heavy (non-hydrogen) atoms. The number of benzene rings is 1. The molecule has 0 aliphatic heterocycles. The van der Waals surface area contributed by atoms with Gasteiger partial charge in [0.15, 0.2) is 0 Å². The minimum atomic E-state index is 0.643. The van der Waals surface area contributed by atoms with E-state index in [1.165, 1.54) is 0 Å². The van der Waals surface area contributed by atoms with Gasteiger partial charge in [0.2, 0.25) is 0 Å². The molecular weight excluding hydrogens is 290 g/mol. The van der Waals surface area contributed by atoms with Gasteiger partial charge in [-0.2, -0.15) is 0 Å². The van der Waals surface area contributed by atoms with Crippen LogP contribution in [0.1, 0.15) is 11.5 Å². The number of hydrogen-bond acceptors (Lipinski definition) is 4. The third kappa shape index (κ3) is 2.53. The molecule has 2 N–H and O–H groups in total. The fourth-order valence-corrected chi connectivity index (χ4v) is 3.51. The molecule has 2 heterocycles. The molecule has 3 aromatic rings. The highest BCUT2D eigenvalue weighted by molar-refractivity contribution is 7.23. The van der Waals surface area contributed by atoms with Crippen LogP contribution in [0.4, 0.5) is 5.00 Å². The molecule has 0 spiro atoms. The molecule has 0 aliphatic carbocycles. The van der Waals surface area contributed by atoms with Crippen molar-refractivity contribution in [1.29, 1.82) is 0 Å². The summed E-state index contributed by atoms with van der Waals surface area (Å²) in [6, 6.07) is 10.1. The summed E-state index contributed by atoms with van der Waals surface area (Å²) in [5.74, 6) is 0.773. The average molecular weight is 307 g/mol. The van der Waals surface area contributed by atoms with Crippen LogP contribution in [0.3, 0.4) is 0 Å². The van der Waals surface area contributed by atoms with Crippen LogP contribution in [0.25, 0.3) is 21.3 Å². The molecule has 0 atom stereocenters. The van der Waals surface area contributed by atoms with Gasteiger partial charge >= 0.3 is 0 Å². The molecule has 4 heteroatoms. The molecule has 110 valence electrons.